The van der Waals surface area contributed by atoms with E-state index in [4.69, 9.17) is 19.2 Å². The van der Waals surface area contributed by atoms with Crippen LogP contribution < -0.4 is 5.32 Å². The Labute approximate surface area is 191 Å². The predicted octanol–water partition coefficient (Wildman–Crippen LogP) is 4.34. The molecule has 5 rings (SSSR count). The van der Waals surface area contributed by atoms with Crippen LogP contribution in [0.5, 0.6) is 0 Å². The van der Waals surface area contributed by atoms with E-state index >= 15 is 0 Å². The van der Waals surface area contributed by atoms with E-state index in [1.54, 1.807) is 18.3 Å². The van der Waals surface area contributed by atoms with Crippen molar-refractivity contribution in [3.8, 4) is 22.6 Å². The number of hydrogen-bond donors (Lipinski definition) is 2. The van der Waals surface area contributed by atoms with Gasteiger partial charge in [-0.25, -0.2) is 19.3 Å². The average molecular weight is 454 g/mol. The molecule has 0 radical (unpaired) electrons. The van der Waals surface area contributed by atoms with E-state index in [0.29, 0.717) is 48.6 Å². The number of rotatable bonds is 6. The van der Waals surface area contributed by atoms with Crippen molar-refractivity contribution in [2.45, 2.75) is 39.1 Å². The average Bonchev–Trinajstić information content (AvgIpc) is 3.49. The van der Waals surface area contributed by atoms with Crippen LogP contribution >= 0.6 is 0 Å². The van der Waals surface area contributed by atoms with Crippen molar-refractivity contribution < 1.29 is 18.6 Å². The molecule has 4 heterocycles. The van der Waals surface area contributed by atoms with Crippen molar-refractivity contribution in [1.82, 2.24) is 19.9 Å². The molecular formula is C24H28FN5O3. The number of imidazole rings is 1. The van der Waals surface area contributed by atoms with Crippen molar-refractivity contribution in [1.29, 1.82) is 0 Å². The summed E-state index contributed by atoms with van der Waals surface area (Å²) in [5, 5.41) is 3.26. The molecule has 0 amide bonds. The first-order chi connectivity index (χ1) is 16.0. The number of halogens is 1. The molecule has 8 nitrogen and oxygen atoms in total. The molecule has 2 fully saturated rings. The first kappa shape index (κ1) is 21.9. The normalized spacial score (nSPS) is 20.8. The highest BCUT2D eigenvalue weighted by atomic mass is 19.1. The van der Waals surface area contributed by atoms with Crippen LogP contribution in [0.3, 0.4) is 0 Å². The van der Waals surface area contributed by atoms with Crippen molar-refractivity contribution >= 4 is 5.95 Å². The minimum atomic E-state index is -0.607. The van der Waals surface area contributed by atoms with Crippen LogP contribution in [0.4, 0.5) is 10.3 Å². The second-order valence-corrected chi connectivity index (χ2v) is 9.25. The minimum Gasteiger partial charge on any atom is -0.376 e. The zero-order valence-electron chi connectivity index (χ0n) is 18.8. The van der Waals surface area contributed by atoms with Crippen LogP contribution in [0.2, 0.25) is 0 Å². The number of H-pyrrole nitrogens is 1. The Morgan fingerprint density at radius 2 is 1.88 bits per heavy atom. The monoisotopic (exact) mass is 453 g/mol. The van der Waals surface area contributed by atoms with E-state index in [-0.39, 0.29) is 17.3 Å². The molecule has 0 spiro atoms. The standard InChI is InChI=1S/C24H28FN5O3/c1-24(2)13-32-22(33-14-24)21-29-19(15-5-7-16(25)8-6-15)20(30-21)18-9-10-26-23(28-18)27-12-17-4-3-11-31-17/h5-10,17,22H,3-4,11-14H2,1-2H3,(H,29,30)(H,26,27,28). The molecule has 1 unspecified atom stereocenters. The summed E-state index contributed by atoms with van der Waals surface area (Å²) in [7, 11) is 0. The molecule has 174 valence electrons. The van der Waals surface area contributed by atoms with Gasteiger partial charge in [0.05, 0.1) is 36.4 Å². The fourth-order valence-electron chi connectivity index (χ4n) is 3.95. The van der Waals surface area contributed by atoms with E-state index in [1.807, 2.05) is 6.07 Å². The van der Waals surface area contributed by atoms with Crippen LogP contribution in [0, 0.1) is 11.2 Å². The maximum absolute atomic E-state index is 13.6. The number of nitrogens with zero attached hydrogens (tertiary/aromatic N) is 3. The third-order valence-electron chi connectivity index (χ3n) is 5.74. The second kappa shape index (κ2) is 9.17. The zero-order valence-corrected chi connectivity index (χ0v) is 18.8. The minimum absolute atomic E-state index is 0.0536. The number of aromatic amines is 1. The molecular weight excluding hydrogens is 425 g/mol. The van der Waals surface area contributed by atoms with Crippen molar-refractivity contribution in [2.75, 3.05) is 31.7 Å². The Balaban J connectivity index is 1.45. The smallest absolute Gasteiger partial charge is 0.223 e. The summed E-state index contributed by atoms with van der Waals surface area (Å²) < 4.78 is 31.1. The van der Waals surface area contributed by atoms with Gasteiger partial charge in [-0.2, -0.15) is 0 Å². The lowest BCUT2D eigenvalue weighted by Gasteiger charge is -2.33. The van der Waals surface area contributed by atoms with E-state index in [1.165, 1.54) is 12.1 Å². The molecule has 1 atom stereocenters. The molecule has 1 aromatic carbocycles. The topological polar surface area (TPSA) is 94.2 Å². The fraction of sp³-hybridized carbons (Fsp3) is 0.458. The Kier molecular flexibility index (Phi) is 6.09. The van der Waals surface area contributed by atoms with Gasteiger partial charge in [-0.3, -0.25) is 0 Å². The molecule has 9 heteroatoms. The number of hydrogen-bond acceptors (Lipinski definition) is 7. The Hall–Kier alpha value is -2.88. The highest BCUT2D eigenvalue weighted by molar-refractivity contribution is 5.77. The van der Waals surface area contributed by atoms with E-state index in [9.17, 15) is 4.39 Å². The molecule has 2 aromatic heterocycles. The highest BCUT2D eigenvalue weighted by Crippen LogP contribution is 2.35. The first-order valence-corrected chi connectivity index (χ1v) is 11.2. The van der Waals surface area contributed by atoms with Gasteiger partial charge in [-0.1, -0.05) is 13.8 Å². The highest BCUT2D eigenvalue weighted by Gasteiger charge is 2.32. The Bertz CT molecular complexity index is 1090. The lowest BCUT2D eigenvalue weighted by Crippen LogP contribution is -2.34. The largest absolute Gasteiger partial charge is 0.376 e. The number of anilines is 1. The molecule has 2 aliphatic heterocycles. The van der Waals surface area contributed by atoms with Crippen molar-refractivity contribution in [2.24, 2.45) is 5.41 Å². The van der Waals surface area contributed by atoms with Gasteiger partial charge in [0.15, 0.2) is 5.82 Å². The maximum Gasteiger partial charge on any atom is 0.223 e. The predicted molar refractivity (Wildman–Crippen MR) is 121 cm³/mol. The van der Waals surface area contributed by atoms with E-state index < -0.39 is 6.29 Å². The van der Waals surface area contributed by atoms with Crippen LogP contribution in [0.25, 0.3) is 22.6 Å². The summed E-state index contributed by atoms with van der Waals surface area (Å²) in [6, 6.07) is 8.04. The van der Waals surface area contributed by atoms with Gasteiger partial charge in [-0.15, -0.1) is 0 Å². The summed E-state index contributed by atoms with van der Waals surface area (Å²) in [5.41, 5.74) is 2.70. The summed E-state index contributed by atoms with van der Waals surface area (Å²) in [6.45, 7) is 6.75. The van der Waals surface area contributed by atoms with Gasteiger partial charge in [-0.05, 0) is 43.2 Å². The van der Waals surface area contributed by atoms with Crippen LogP contribution in [-0.4, -0.2) is 52.4 Å². The second-order valence-electron chi connectivity index (χ2n) is 9.25. The summed E-state index contributed by atoms with van der Waals surface area (Å²) in [6.07, 6.45) is 3.38. The molecule has 2 aliphatic rings. The number of nitrogens with one attached hydrogen (secondary N) is 2. The van der Waals surface area contributed by atoms with E-state index in [2.05, 4.69) is 34.1 Å². The summed E-state index contributed by atoms with van der Waals surface area (Å²) in [5.74, 6) is 0.753. The molecule has 0 bridgehead atoms. The van der Waals surface area contributed by atoms with Crippen LogP contribution in [0.15, 0.2) is 36.5 Å². The summed E-state index contributed by atoms with van der Waals surface area (Å²) >= 11 is 0. The lowest BCUT2D eigenvalue weighted by molar-refractivity contribution is -0.229. The summed E-state index contributed by atoms with van der Waals surface area (Å²) in [4.78, 5) is 17.1. The molecule has 2 N–H and O–H groups in total. The number of ether oxygens (including phenoxy) is 3. The molecule has 0 aliphatic carbocycles. The van der Waals surface area contributed by atoms with Gasteiger partial charge >= 0.3 is 0 Å². The Morgan fingerprint density at radius 3 is 2.61 bits per heavy atom. The van der Waals surface area contributed by atoms with Crippen molar-refractivity contribution in [3.63, 3.8) is 0 Å². The van der Waals surface area contributed by atoms with Crippen molar-refractivity contribution in [3.05, 3.63) is 48.2 Å². The zero-order chi connectivity index (χ0) is 22.8. The van der Waals surface area contributed by atoms with Gasteiger partial charge in [0, 0.05) is 30.3 Å². The SMILES string of the molecule is CC1(C)COC(c2nc(-c3ccc(F)cc3)c(-c3ccnc(NCC4CCCO4)n3)[nH]2)OC1. The Morgan fingerprint density at radius 1 is 1.09 bits per heavy atom. The van der Waals surface area contributed by atoms with Crippen LogP contribution in [0.1, 0.15) is 38.8 Å². The number of aromatic nitrogens is 4. The quantitative estimate of drug-likeness (QED) is 0.574. The fourth-order valence-corrected chi connectivity index (χ4v) is 3.95. The molecule has 3 aromatic rings. The third-order valence-corrected chi connectivity index (χ3v) is 5.74. The third kappa shape index (κ3) is 5.05. The molecule has 0 saturated carbocycles. The lowest BCUT2D eigenvalue weighted by atomic mass is 9.96. The van der Waals surface area contributed by atoms with Gasteiger partial charge in [0.2, 0.25) is 12.2 Å². The first-order valence-electron chi connectivity index (χ1n) is 11.2. The van der Waals surface area contributed by atoms with E-state index in [0.717, 1.165) is 25.0 Å². The van der Waals surface area contributed by atoms with Gasteiger partial charge in [0.25, 0.3) is 0 Å². The van der Waals surface area contributed by atoms with Gasteiger partial charge < -0.3 is 24.5 Å². The van der Waals surface area contributed by atoms with Gasteiger partial charge in [0.1, 0.15) is 5.82 Å². The number of benzene rings is 1. The maximum atomic E-state index is 13.6. The molecule has 2 saturated heterocycles. The molecule has 33 heavy (non-hydrogen) atoms. The van der Waals surface area contributed by atoms with Crippen LogP contribution in [-0.2, 0) is 14.2 Å².